The average Bonchev–Trinajstić information content (AvgIpc) is 2.84. The van der Waals surface area contributed by atoms with Gasteiger partial charge in [0.25, 0.3) is 0 Å². The predicted octanol–water partition coefficient (Wildman–Crippen LogP) is 7.75. The summed E-state index contributed by atoms with van der Waals surface area (Å²) in [7, 11) is 2.15. The summed E-state index contributed by atoms with van der Waals surface area (Å²) in [5.41, 5.74) is 9.82. The maximum Gasteiger partial charge on any atom is 0.220 e. The fraction of sp³-hybridized carbons (Fsp3) is 0.500. The quantitative estimate of drug-likeness (QED) is 0.379. The highest BCUT2D eigenvalue weighted by molar-refractivity contribution is 5.94. The summed E-state index contributed by atoms with van der Waals surface area (Å²) in [6.45, 7) is 4.41. The highest BCUT2D eigenvalue weighted by atomic mass is 14.9. The Kier molecular flexibility index (Phi) is 4.44. The van der Waals surface area contributed by atoms with Crippen molar-refractivity contribution in [2.24, 2.45) is 7.05 Å². The normalized spacial score (nSPS) is 23.8. The number of hydrogen-bond acceptors (Lipinski definition) is 0. The van der Waals surface area contributed by atoms with Crippen molar-refractivity contribution in [1.29, 1.82) is 0 Å². The van der Waals surface area contributed by atoms with Crippen molar-refractivity contribution >= 4 is 10.8 Å². The zero-order valence-electron chi connectivity index (χ0n) is 20.4. The molecule has 2 bridgehead atoms. The molecule has 31 heavy (non-hydrogen) atoms. The van der Waals surface area contributed by atoms with E-state index in [1.165, 1.54) is 85.6 Å². The highest BCUT2D eigenvalue weighted by Gasteiger charge is 2.34. The van der Waals surface area contributed by atoms with E-state index in [1.807, 2.05) is 0 Å². The van der Waals surface area contributed by atoms with E-state index in [0.29, 0.717) is 12.0 Å². The van der Waals surface area contributed by atoms with Gasteiger partial charge in [-0.1, -0.05) is 37.5 Å². The summed E-state index contributed by atoms with van der Waals surface area (Å²) in [6.07, 6.45) is 12.2. The topological polar surface area (TPSA) is 3.88 Å². The molecule has 0 amide bonds. The third-order valence-corrected chi connectivity index (χ3v) is 8.82. The summed E-state index contributed by atoms with van der Waals surface area (Å²) in [5.74, 6) is 2.20. The Morgan fingerprint density at radius 2 is 1.48 bits per heavy atom. The summed E-state index contributed by atoms with van der Waals surface area (Å²) < 4.78 is 11.2. The Balaban J connectivity index is 1.56. The van der Waals surface area contributed by atoms with E-state index >= 15 is 0 Å². The minimum absolute atomic E-state index is 0.672. The van der Waals surface area contributed by atoms with Crippen LogP contribution >= 0.6 is 0 Å². The van der Waals surface area contributed by atoms with Crippen molar-refractivity contribution in [3.63, 3.8) is 0 Å². The van der Waals surface area contributed by atoms with Crippen molar-refractivity contribution < 1.29 is 5.94 Å². The first-order valence-corrected chi connectivity index (χ1v) is 12.6. The van der Waals surface area contributed by atoms with E-state index in [1.54, 1.807) is 11.1 Å². The third-order valence-electron chi connectivity index (χ3n) is 8.82. The van der Waals surface area contributed by atoms with Gasteiger partial charge in [0, 0.05) is 13.0 Å². The van der Waals surface area contributed by atoms with Crippen LogP contribution in [-0.2, 0) is 7.05 Å². The Morgan fingerprint density at radius 3 is 2.19 bits per heavy atom. The first-order chi connectivity index (χ1) is 15.5. The Bertz CT molecular complexity index is 1210. The molecule has 1 nitrogen and oxygen atoms in total. The second kappa shape index (κ2) is 7.47. The molecule has 2 saturated carbocycles. The van der Waals surface area contributed by atoms with Gasteiger partial charge in [-0.25, -0.2) is 0 Å². The molecule has 1 heterocycles. The molecule has 2 aromatic carbocycles. The van der Waals surface area contributed by atoms with Gasteiger partial charge in [-0.05, 0) is 103 Å². The van der Waals surface area contributed by atoms with Crippen LogP contribution in [0.15, 0.2) is 36.4 Å². The van der Waals surface area contributed by atoms with Gasteiger partial charge in [0.2, 0.25) is 5.69 Å². The molecular formula is C30H36N+. The molecule has 0 radical (unpaired) electrons. The van der Waals surface area contributed by atoms with Crippen molar-refractivity contribution in [3.8, 4) is 11.3 Å². The Labute approximate surface area is 188 Å². The van der Waals surface area contributed by atoms with Crippen molar-refractivity contribution in [2.75, 3.05) is 0 Å². The maximum atomic E-state index is 8.95. The van der Waals surface area contributed by atoms with Crippen LogP contribution in [0.5, 0.6) is 0 Å². The van der Waals surface area contributed by atoms with E-state index < -0.39 is 0 Å². The lowest BCUT2D eigenvalue weighted by Gasteiger charge is -2.38. The van der Waals surface area contributed by atoms with Gasteiger partial charge in [-0.2, -0.15) is 4.57 Å². The van der Waals surface area contributed by atoms with Crippen LogP contribution in [0.1, 0.15) is 105 Å². The Hall–Kier alpha value is -2.15. The monoisotopic (exact) mass is 411 g/mol. The molecule has 3 aromatic rings. The van der Waals surface area contributed by atoms with E-state index in [4.69, 9.17) is 1.37 Å². The third kappa shape index (κ3) is 3.15. The van der Waals surface area contributed by atoms with Crippen LogP contribution < -0.4 is 4.57 Å². The van der Waals surface area contributed by atoms with Crippen LogP contribution in [0.3, 0.4) is 0 Å². The number of pyridine rings is 1. The number of aryl methyl sites for hydroxylation is 1. The summed E-state index contributed by atoms with van der Waals surface area (Å²) in [4.78, 5) is 0. The molecule has 2 fully saturated rings. The standard InChI is InChI=1S/C30H36N/c1-19-15-28-22-9-11-23(12-10-22)29(28)18-27(19)30-26-14-13-24(21-7-5-4-6-8-21)17-25(26)16-20(2)31(30)3/h13-18,21-23H,4-12H2,1-3H3/q+1/i16D. The van der Waals surface area contributed by atoms with Gasteiger partial charge in [0.15, 0.2) is 5.69 Å². The minimum atomic E-state index is 0.672. The summed E-state index contributed by atoms with van der Waals surface area (Å²) in [5, 5.41) is 2.38. The van der Waals surface area contributed by atoms with Gasteiger partial charge in [-0.3, -0.25) is 0 Å². The average molecular weight is 412 g/mol. The van der Waals surface area contributed by atoms with E-state index in [2.05, 4.69) is 55.8 Å². The first-order valence-electron chi connectivity index (χ1n) is 13.1. The number of nitrogens with zero attached hydrogens (tertiary/aromatic N) is 1. The van der Waals surface area contributed by atoms with Crippen molar-refractivity contribution in [2.45, 2.75) is 89.4 Å². The molecule has 0 aliphatic heterocycles. The molecule has 0 N–H and O–H groups in total. The van der Waals surface area contributed by atoms with Crippen LogP contribution in [0.4, 0.5) is 0 Å². The number of aromatic nitrogens is 1. The second-order valence-electron chi connectivity index (χ2n) is 10.6. The lowest BCUT2D eigenvalue weighted by atomic mass is 9.66. The van der Waals surface area contributed by atoms with Gasteiger partial charge >= 0.3 is 0 Å². The number of hydrogen-bond donors (Lipinski definition) is 0. The van der Waals surface area contributed by atoms with Crippen LogP contribution in [0.2, 0.25) is 0 Å². The van der Waals surface area contributed by atoms with Crippen LogP contribution in [-0.4, -0.2) is 0 Å². The Morgan fingerprint density at radius 1 is 0.806 bits per heavy atom. The molecule has 7 rings (SSSR count). The first kappa shape index (κ1) is 18.4. The highest BCUT2D eigenvalue weighted by Crippen LogP contribution is 2.51. The lowest BCUT2D eigenvalue weighted by molar-refractivity contribution is -0.665. The van der Waals surface area contributed by atoms with Crippen LogP contribution in [0, 0.1) is 13.8 Å². The van der Waals surface area contributed by atoms with E-state index in [0.717, 1.165) is 22.9 Å². The second-order valence-corrected chi connectivity index (χ2v) is 10.6. The van der Waals surface area contributed by atoms with Crippen LogP contribution in [0.25, 0.3) is 22.0 Å². The molecule has 4 aliphatic carbocycles. The molecule has 1 aromatic heterocycles. The van der Waals surface area contributed by atoms with Gasteiger partial charge in [0.1, 0.15) is 7.05 Å². The molecule has 0 saturated heterocycles. The number of fused-ring (bicyclic) bond motifs is 3. The van der Waals surface area contributed by atoms with Gasteiger partial charge in [-0.15, -0.1) is 0 Å². The van der Waals surface area contributed by atoms with Crippen molar-refractivity contribution in [3.05, 3.63) is 64.3 Å². The lowest BCUT2D eigenvalue weighted by Crippen LogP contribution is -2.35. The minimum Gasteiger partial charge on any atom is -0.198 e. The fourth-order valence-corrected chi connectivity index (χ4v) is 6.94. The molecule has 0 unspecified atom stereocenters. The zero-order valence-corrected chi connectivity index (χ0v) is 19.4. The summed E-state index contributed by atoms with van der Waals surface area (Å²) >= 11 is 0. The predicted molar refractivity (Wildman–Crippen MR) is 130 cm³/mol. The number of benzene rings is 2. The molecule has 4 aliphatic rings. The van der Waals surface area contributed by atoms with E-state index in [9.17, 15) is 0 Å². The van der Waals surface area contributed by atoms with E-state index in [-0.39, 0.29) is 0 Å². The number of rotatable bonds is 2. The molecule has 0 spiro atoms. The fourth-order valence-electron chi connectivity index (χ4n) is 6.94. The zero-order chi connectivity index (χ0) is 22.0. The summed E-state index contributed by atoms with van der Waals surface area (Å²) in [6, 6.07) is 12.8. The SMILES string of the molecule is [2H]c1c(C)[n+](C)c(-c2cc3c(cc2C)C2CCC3CC2)c2ccc(C3CCCCC3)cc12. The molecule has 160 valence electrons. The van der Waals surface area contributed by atoms with Crippen molar-refractivity contribution in [1.82, 2.24) is 0 Å². The smallest absolute Gasteiger partial charge is 0.198 e. The van der Waals surface area contributed by atoms with Gasteiger partial charge in [0.05, 0.1) is 12.3 Å². The van der Waals surface area contributed by atoms with Gasteiger partial charge < -0.3 is 0 Å². The largest absolute Gasteiger partial charge is 0.220 e. The maximum absolute atomic E-state index is 8.95. The molecule has 0 atom stereocenters. The molecular weight excluding hydrogens is 374 g/mol. The molecule has 1 heteroatoms.